The van der Waals surface area contributed by atoms with E-state index in [2.05, 4.69) is 19.6 Å². The fourth-order valence-electron chi connectivity index (χ4n) is 0.978. The van der Waals surface area contributed by atoms with Crippen LogP contribution in [-0.4, -0.2) is 25.7 Å². The smallest absolute Gasteiger partial charge is 0.105 e. The summed E-state index contributed by atoms with van der Waals surface area (Å²) in [6.07, 6.45) is 0.517. The maximum atomic E-state index is 9.48. The number of hydrogen-bond donors (Lipinski definition) is 2. The molecule has 66 valence electrons. The molecule has 11 heavy (non-hydrogen) atoms. The molecule has 0 saturated heterocycles. The van der Waals surface area contributed by atoms with Gasteiger partial charge in [-0.1, -0.05) is 19.7 Å². The van der Waals surface area contributed by atoms with Crippen LogP contribution in [0.5, 0.6) is 0 Å². The Morgan fingerprint density at radius 1 is 1.55 bits per heavy atom. The summed E-state index contributed by atoms with van der Waals surface area (Å²) in [7, 11) is 2.08. The minimum atomic E-state index is -0.293. The molecule has 0 rings (SSSR count). The second-order valence-corrected chi connectivity index (χ2v) is 3.51. The molecular weight excluding hydrogens is 141 g/mol. The first-order chi connectivity index (χ1) is 5.07. The Morgan fingerprint density at radius 2 is 2.09 bits per heavy atom. The van der Waals surface area contributed by atoms with Crippen molar-refractivity contribution in [2.24, 2.45) is 11.8 Å². The van der Waals surface area contributed by atoms with Gasteiger partial charge in [-0.25, -0.2) is 5.90 Å². The van der Waals surface area contributed by atoms with Gasteiger partial charge in [0.25, 0.3) is 0 Å². The summed E-state index contributed by atoms with van der Waals surface area (Å²) in [6.45, 7) is 4.44. The van der Waals surface area contributed by atoms with Crippen LogP contribution in [0.1, 0.15) is 20.3 Å². The van der Waals surface area contributed by atoms with E-state index in [0.29, 0.717) is 12.4 Å². The Balaban J connectivity index is 3.54. The Morgan fingerprint density at radius 3 is 2.45 bits per heavy atom. The average molecular weight is 159 g/mol. The van der Waals surface area contributed by atoms with Gasteiger partial charge in [0.05, 0.1) is 12.7 Å². The van der Waals surface area contributed by atoms with Crippen molar-refractivity contribution in [2.75, 3.05) is 6.61 Å². The maximum absolute atomic E-state index is 9.48. The predicted molar refractivity (Wildman–Crippen MR) is 47.9 cm³/mol. The molecule has 0 aliphatic carbocycles. The average Bonchev–Trinajstić information content (AvgIpc) is 1.86. The molecule has 0 amide bonds. The highest BCUT2D eigenvalue weighted by molar-refractivity contribution is 6.11. The van der Waals surface area contributed by atoms with Crippen molar-refractivity contribution < 1.29 is 9.94 Å². The van der Waals surface area contributed by atoms with Gasteiger partial charge in [-0.05, 0) is 6.42 Å². The lowest BCUT2D eigenvalue weighted by Gasteiger charge is -2.19. The minimum Gasteiger partial charge on any atom is -0.393 e. The lowest BCUT2D eigenvalue weighted by molar-refractivity contribution is 0.0315. The Kier molecular flexibility index (Phi) is 5.55. The van der Waals surface area contributed by atoms with E-state index in [1.54, 1.807) is 0 Å². The van der Waals surface area contributed by atoms with Crippen molar-refractivity contribution in [2.45, 2.75) is 32.2 Å². The van der Waals surface area contributed by atoms with Gasteiger partial charge in [-0.2, -0.15) is 0 Å². The van der Waals surface area contributed by atoms with Gasteiger partial charge in [-0.3, -0.25) is 0 Å². The molecule has 0 saturated carbocycles. The van der Waals surface area contributed by atoms with Gasteiger partial charge in [0.1, 0.15) is 7.85 Å². The van der Waals surface area contributed by atoms with Crippen molar-refractivity contribution >= 4 is 7.85 Å². The van der Waals surface area contributed by atoms with Crippen LogP contribution < -0.4 is 5.90 Å². The van der Waals surface area contributed by atoms with E-state index in [9.17, 15) is 5.11 Å². The topological polar surface area (TPSA) is 55.5 Å². The lowest BCUT2D eigenvalue weighted by atomic mass is 9.82. The molecule has 0 aromatic heterocycles. The Bertz CT molecular complexity index is 100. The molecule has 3 atom stereocenters. The van der Waals surface area contributed by atoms with E-state index in [1.165, 1.54) is 0 Å². The van der Waals surface area contributed by atoms with E-state index >= 15 is 0 Å². The summed E-state index contributed by atoms with van der Waals surface area (Å²) < 4.78 is 0. The number of nitrogens with two attached hydrogens (primary N) is 1. The highest BCUT2D eigenvalue weighted by Crippen LogP contribution is 2.14. The normalized spacial score (nSPS) is 19.3. The lowest BCUT2D eigenvalue weighted by Crippen LogP contribution is -2.24. The Labute approximate surface area is 69.3 Å². The molecule has 0 bridgehead atoms. The maximum Gasteiger partial charge on any atom is 0.105 e. The molecular formula is C7H18BNO2. The number of aliphatic hydroxyl groups is 1. The van der Waals surface area contributed by atoms with Crippen molar-refractivity contribution in [3.8, 4) is 0 Å². The van der Waals surface area contributed by atoms with Gasteiger partial charge in [0, 0.05) is 5.92 Å². The zero-order chi connectivity index (χ0) is 8.85. The number of aliphatic hydroxyl groups excluding tert-OH is 1. The number of hydrogen-bond acceptors (Lipinski definition) is 3. The monoisotopic (exact) mass is 159 g/mol. The van der Waals surface area contributed by atoms with Crippen LogP contribution in [0.2, 0.25) is 5.82 Å². The molecule has 0 spiro atoms. The van der Waals surface area contributed by atoms with Crippen LogP contribution in [0, 0.1) is 5.92 Å². The van der Waals surface area contributed by atoms with Crippen LogP contribution in [0.25, 0.3) is 0 Å². The zero-order valence-electron chi connectivity index (χ0n) is 7.58. The van der Waals surface area contributed by atoms with Gasteiger partial charge < -0.3 is 9.94 Å². The van der Waals surface area contributed by atoms with E-state index < -0.39 is 0 Å². The first-order valence-corrected chi connectivity index (χ1v) is 4.07. The third-order valence-corrected chi connectivity index (χ3v) is 1.73. The Hall–Kier alpha value is -0.0551. The summed E-state index contributed by atoms with van der Waals surface area (Å²) in [5.41, 5.74) is 0. The fourth-order valence-corrected chi connectivity index (χ4v) is 0.978. The van der Waals surface area contributed by atoms with E-state index in [-0.39, 0.29) is 12.0 Å². The quantitative estimate of drug-likeness (QED) is 0.428. The second-order valence-electron chi connectivity index (χ2n) is 3.51. The third-order valence-electron chi connectivity index (χ3n) is 1.73. The summed E-state index contributed by atoms with van der Waals surface area (Å²) in [5.74, 6) is 5.53. The van der Waals surface area contributed by atoms with Crippen LogP contribution >= 0.6 is 0 Å². The number of rotatable bonds is 5. The van der Waals surface area contributed by atoms with Gasteiger partial charge in [0.2, 0.25) is 0 Å². The van der Waals surface area contributed by atoms with Crippen LogP contribution in [0.4, 0.5) is 0 Å². The summed E-state index contributed by atoms with van der Waals surface area (Å²) in [5, 5.41) is 9.48. The van der Waals surface area contributed by atoms with E-state index in [0.717, 1.165) is 6.42 Å². The van der Waals surface area contributed by atoms with Gasteiger partial charge in [0.15, 0.2) is 0 Å². The molecule has 0 radical (unpaired) electrons. The van der Waals surface area contributed by atoms with Crippen molar-refractivity contribution in [1.29, 1.82) is 0 Å². The zero-order valence-corrected chi connectivity index (χ0v) is 7.58. The van der Waals surface area contributed by atoms with Crippen LogP contribution in [0.3, 0.4) is 0 Å². The molecule has 0 aliphatic heterocycles. The molecule has 0 aromatic rings. The van der Waals surface area contributed by atoms with E-state index in [4.69, 9.17) is 5.90 Å². The fraction of sp³-hybridized carbons (Fsp3) is 1.00. The summed E-state index contributed by atoms with van der Waals surface area (Å²) >= 11 is 0. The van der Waals surface area contributed by atoms with Gasteiger partial charge >= 0.3 is 0 Å². The molecule has 0 heterocycles. The molecule has 3 nitrogen and oxygen atoms in total. The van der Waals surface area contributed by atoms with Crippen molar-refractivity contribution in [3.63, 3.8) is 0 Å². The first-order valence-electron chi connectivity index (χ1n) is 4.07. The first kappa shape index (κ1) is 10.9. The molecule has 0 aromatic carbocycles. The standard InChI is InChI=1S/C7H18BNO2/c1-5(4-11-9)7(10)3-6(2)8/h5-7,10H,3-4,8-9H2,1-2H3. The van der Waals surface area contributed by atoms with Crippen molar-refractivity contribution in [1.82, 2.24) is 0 Å². The molecule has 0 fully saturated rings. The minimum absolute atomic E-state index is 0.127. The highest BCUT2D eigenvalue weighted by Gasteiger charge is 2.14. The van der Waals surface area contributed by atoms with Gasteiger partial charge in [-0.15, -0.1) is 0 Å². The predicted octanol–water partition coefficient (Wildman–Crippen LogP) is -0.295. The highest BCUT2D eigenvalue weighted by atomic mass is 16.6. The van der Waals surface area contributed by atoms with Crippen molar-refractivity contribution in [3.05, 3.63) is 0 Å². The largest absolute Gasteiger partial charge is 0.393 e. The third kappa shape index (κ3) is 5.24. The van der Waals surface area contributed by atoms with Crippen LogP contribution in [-0.2, 0) is 4.84 Å². The summed E-state index contributed by atoms with van der Waals surface area (Å²) in [6, 6.07) is 0. The molecule has 4 heteroatoms. The SMILES string of the molecule is BC(C)CC(O)C(C)CON. The van der Waals surface area contributed by atoms with Crippen LogP contribution in [0.15, 0.2) is 0 Å². The molecule has 3 N–H and O–H groups in total. The summed E-state index contributed by atoms with van der Waals surface area (Å²) in [4.78, 5) is 4.45. The molecule has 0 aliphatic rings. The molecule has 3 unspecified atom stereocenters. The van der Waals surface area contributed by atoms with E-state index in [1.807, 2.05) is 6.92 Å². The second kappa shape index (κ2) is 5.58.